The summed E-state index contributed by atoms with van der Waals surface area (Å²) in [6.07, 6.45) is 0. The predicted molar refractivity (Wildman–Crippen MR) is 76.2 cm³/mol. The van der Waals surface area contributed by atoms with Crippen LogP contribution in [0.4, 0.5) is 0 Å². The van der Waals surface area contributed by atoms with Gasteiger partial charge in [-0.15, -0.1) is 0 Å². The van der Waals surface area contributed by atoms with Crippen LogP contribution in [-0.4, -0.2) is 23.4 Å². The van der Waals surface area contributed by atoms with Crippen LogP contribution in [0.1, 0.15) is 10.4 Å². The number of nitrogens with zero attached hydrogens (tertiary/aromatic N) is 1. The Balaban J connectivity index is 1.96. The van der Waals surface area contributed by atoms with Gasteiger partial charge in [0.25, 0.3) is 0 Å². The number of hydrogen-bond donors (Lipinski definition) is 1. The molecule has 0 bridgehead atoms. The van der Waals surface area contributed by atoms with E-state index >= 15 is 0 Å². The summed E-state index contributed by atoms with van der Waals surface area (Å²) in [5.74, 6) is 0. The molecular weight excluding hydrogens is 244 g/mol. The zero-order valence-electron chi connectivity index (χ0n) is 9.72. The highest BCUT2D eigenvalue weighted by Gasteiger charge is 2.15. The van der Waals surface area contributed by atoms with Crippen molar-refractivity contribution in [2.45, 2.75) is 0 Å². The first-order chi connectivity index (χ1) is 8.84. The predicted octanol–water partition coefficient (Wildman–Crippen LogP) is 2.67. The number of fused-ring (bicyclic) bond motifs is 1. The van der Waals surface area contributed by atoms with Gasteiger partial charge in [0.2, 0.25) is 5.12 Å². The smallest absolute Gasteiger partial charge is 0.227 e. The average molecular weight is 256 g/mol. The van der Waals surface area contributed by atoms with Gasteiger partial charge in [-0.25, -0.2) is 0 Å². The number of benzene rings is 2. The molecule has 0 aliphatic carbocycles. The lowest BCUT2D eigenvalue weighted by molar-refractivity contribution is 0.109. The number of thioether (sulfide) groups is 1. The Bertz CT molecular complexity index is 631. The summed E-state index contributed by atoms with van der Waals surface area (Å²) in [6, 6.07) is 13.7. The number of nitrogens with one attached hydrogen (secondary N) is 1. The van der Waals surface area contributed by atoms with E-state index in [2.05, 4.69) is 10.3 Å². The summed E-state index contributed by atoms with van der Waals surface area (Å²) in [6.45, 7) is 1.58. The van der Waals surface area contributed by atoms with Crippen molar-refractivity contribution in [3.05, 3.63) is 48.0 Å². The van der Waals surface area contributed by atoms with Gasteiger partial charge in [0, 0.05) is 12.1 Å². The van der Waals surface area contributed by atoms with E-state index in [0.717, 1.165) is 34.6 Å². The number of hydrogen-bond acceptors (Lipinski definition) is 4. The van der Waals surface area contributed by atoms with Crippen LogP contribution >= 0.6 is 11.8 Å². The van der Waals surface area contributed by atoms with E-state index in [-0.39, 0.29) is 5.12 Å². The fourth-order valence-electron chi connectivity index (χ4n) is 1.99. The normalized spacial score (nSPS) is 14.3. The van der Waals surface area contributed by atoms with Gasteiger partial charge < -0.3 is 5.32 Å². The van der Waals surface area contributed by atoms with E-state index in [1.54, 1.807) is 0 Å². The van der Waals surface area contributed by atoms with E-state index in [1.165, 1.54) is 11.8 Å². The second-order valence-corrected chi connectivity index (χ2v) is 4.99. The second-order valence-electron chi connectivity index (χ2n) is 4.03. The molecule has 0 radical (unpaired) electrons. The standard InChI is InChI=1S/C14H12N2OS/c17-13(18-14-15-8-9-16-14)12-7-3-5-10-4-1-2-6-11(10)12/h1-7H,8-9H2,(H,15,16). The van der Waals surface area contributed by atoms with E-state index in [9.17, 15) is 4.79 Å². The number of rotatable bonds is 1. The van der Waals surface area contributed by atoms with Crippen LogP contribution in [0.3, 0.4) is 0 Å². The minimum absolute atomic E-state index is 0.0416. The van der Waals surface area contributed by atoms with Crippen molar-refractivity contribution in [1.82, 2.24) is 5.32 Å². The molecule has 0 spiro atoms. The van der Waals surface area contributed by atoms with E-state index in [0.29, 0.717) is 0 Å². The van der Waals surface area contributed by atoms with Gasteiger partial charge in [-0.05, 0) is 28.6 Å². The highest BCUT2D eigenvalue weighted by Crippen LogP contribution is 2.23. The van der Waals surface area contributed by atoms with Crippen LogP contribution in [0.2, 0.25) is 0 Å². The Hall–Kier alpha value is -1.81. The topological polar surface area (TPSA) is 41.5 Å². The first kappa shape index (κ1) is 11.3. The Kier molecular flexibility index (Phi) is 3.02. The van der Waals surface area contributed by atoms with E-state index < -0.39 is 0 Å². The SMILES string of the molecule is O=C(SC1=NCCN1)c1cccc2ccccc12. The van der Waals surface area contributed by atoms with Gasteiger partial charge in [-0.3, -0.25) is 9.79 Å². The fraction of sp³-hybridized carbons (Fsp3) is 0.143. The van der Waals surface area contributed by atoms with Crippen molar-refractivity contribution in [3.63, 3.8) is 0 Å². The highest BCUT2D eigenvalue weighted by atomic mass is 32.2. The van der Waals surface area contributed by atoms with Gasteiger partial charge in [-0.2, -0.15) is 0 Å². The van der Waals surface area contributed by atoms with E-state index in [1.807, 2.05) is 42.5 Å². The highest BCUT2D eigenvalue weighted by molar-refractivity contribution is 8.26. The maximum atomic E-state index is 12.3. The zero-order chi connectivity index (χ0) is 12.4. The molecule has 1 aliphatic heterocycles. The van der Waals surface area contributed by atoms with Crippen molar-refractivity contribution in [3.8, 4) is 0 Å². The average Bonchev–Trinajstić information content (AvgIpc) is 2.91. The van der Waals surface area contributed by atoms with Gasteiger partial charge in [0.1, 0.15) is 0 Å². The molecule has 0 atom stereocenters. The van der Waals surface area contributed by atoms with Crippen molar-refractivity contribution in [1.29, 1.82) is 0 Å². The Labute approximate surface area is 109 Å². The molecular formula is C14H12N2OS. The molecule has 2 aromatic carbocycles. The molecule has 18 heavy (non-hydrogen) atoms. The molecule has 1 heterocycles. The second kappa shape index (κ2) is 4.82. The van der Waals surface area contributed by atoms with Crippen molar-refractivity contribution >= 4 is 32.8 Å². The maximum absolute atomic E-state index is 12.3. The summed E-state index contributed by atoms with van der Waals surface area (Å²) in [4.78, 5) is 16.5. The van der Waals surface area contributed by atoms with Crippen LogP contribution in [-0.2, 0) is 0 Å². The molecule has 1 N–H and O–H groups in total. The number of carbonyl (C=O) groups excluding carboxylic acids is 1. The summed E-state index contributed by atoms with van der Waals surface area (Å²) < 4.78 is 0. The summed E-state index contributed by atoms with van der Waals surface area (Å²) in [7, 11) is 0. The molecule has 4 heteroatoms. The minimum Gasteiger partial charge on any atom is -0.363 e. The zero-order valence-corrected chi connectivity index (χ0v) is 10.5. The molecule has 0 amide bonds. The largest absolute Gasteiger partial charge is 0.363 e. The first-order valence-electron chi connectivity index (χ1n) is 5.83. The molecule has 0 aromatic heterocycles. The first-order valence-corrected chi connectivity index (χ1v) is 6.64. The minimum atomic E-state index is 0.0416. The van der Waals surface area contributed by atoms with E-state index in [4.69, 9.17) is 0 Å². The molecule has 0 saturated heterocycles. The van der Waals surface area contributed by atoms with Crippen LogP contribution in [0, 0.1) is 0 Å². The molecule has 3 nitrogen and oxygen atoms in total. The van der Waals surface area contributed by atoms with Crippen LogP contribution in [0.25, 0.3) is 10.8 Å². The van der Waals surface area contributed by atoms with Gasteiger partial charge in [0.05, 0.1) is 6.54 Å². The van der Waals surface area contributed by atoms with Crippen molar-refractivity contribution < 1.29 is 4.79 Å². The third-order valence-corrected chi connectivity index (χ3v) is 3.71. The summed E-state index contributed by atoms with van der Waals surface area (Å²) in [5, 5.41) is 5.95. The summed E-state index contributed by atoms with van der Waals surface area (Å²) >= 11 is 1.18. The lowest BCUT2D eigenvalue weighted by Gasteiger charge is -2.05. The third kappa shape index (κ3) is 2.11. The molecule has 0 unspecified atom stereocenters. The quantitative estimate of drug-likeness (QED) is 0.853. The lowest BCUT2D eigenvalue weighted by Crippen LogP contribution is -2.16. The molecule has 0 fully saturated rings. The molecule has 2 aromatic rings. The third-order valence-electron chi connectivity index (χ3n) is 2.84. The number of aliphatic imine (C=N–C) groups is 1. The molecule has 1 aliphatic rings. The van der Waals surface area contributed by atoms with Gasteiger partial charge >= 0.3 is 0 Å². The molecule has 0 saturated carbocycles. The van der Waals surface area contributed by atoms with Gasteiger partial charge in [0.15, 0.2) is 5.17 Å². The maximum Gasteiger partial charge on any atom is 0.227 e. The van der Waals surface area contributed by atoms with Gasteiger partial charge in [-0.1, -0.05) is 36.4 Å². The monoisotopic (exact) mass is 256 g/mol. The number of amidine groups is 1. The Morgan fingerprint density at radius 2 is 2.00 bits per heavy atom. The van der Waals surface area contributed by atoms with Crippen LogP contribution in [0.5, 0.6) is 0 Å². The number of carbonyl (C=O) groups is 1. The van der Waals surface area contributed by atoms with Crippen LogP contribution in [0.15, 0.2) is 47.5 Å². The lowest BCUT2D eigenvalue weighted by atomic mass is 10.1. The van der Waals surface area contributed by atoms with Crippen LogP contribution < -0.4 is 5.32 Å². The fourth-order valence-corrected chi connectivity index (χ4v) is 2.78. The van der Waals surface area contributed by atoms with Crippen molar-refractivity contribution in [2.24, 2.45) is 4.99 Å². The Morgan fingerprint density at radius 1 is 1.17 bits per heavy atom. The Morgan fingerprint density at radius 3 is 2.83 bits per heavy atom. The molecule has 90 valence electrons. The summed E-state index contributed by atoms with van der Waals surface area (Å²) in [5.41, 5.74) is 0.745. The van der Waals surface area contributed by atoms with Crippen molar-refractivity contribution in [2.75, 3.05) is 13.1 Å². The molecule has 3 rings (SSSR count).